The molecule has 0 N–H and O–H groups in total. The Morgan fingerprint density at radius 2 is 2.33 bits per heavy atom. The first-order chi connectivity index (χ1) is 8.56. The van der Waals surface area contributed by atoms with Crippen molar-refractivity contribution in [2.45, 2.75) is 20.3 Å². The molecule has 1 aliphatic rings. The second-order valence-corrected chi connectivity index (χ2v) is 5.79. The summed E-state index contributed by atoms with van der Waals surface area (Å²) in [5.74, 6) is 1.10. The number of carbonyl (C=O) groups excluding carboxylic acids is 2. The summed E-state index contributed by atoms with van der Waals surface area (Å²) in [5.41, 5.74) is 1.90. The number of aromatic nitrogens is 1. The van der Waals surface area contributed by atoms with Crippen molar-refractivity contribution in [2.75, 3.05) is 17.2 Å². The molecule has 0 radical (unpaired) electrons. The molecule has 1 aromatic rings. The zero-order valence-electron chi connectivity index (χ0n) is 10.5. The summed E-state index contributed by atoms with van der Waals surface area (Å²) >= 11 is 1.30. The van der Waals surface area contributed by atoms with E-state index in [-0.39, 0.29) is 16.9 Å². The van der Waals surface area contributed by atoms with Crippen LogP contribution in [0.25, 0.3) is 0 Å². The summed E-state index contributed by atoms with van der Waals surface area (Å²) in [6.07, 6.45) is 4.01. The van der Waals surface area contributed by atoms with Crippen LogP contribution in [0.5, 0.6) is 0 Å². The molecular weight excluding hydrogens is 248 g/mol. The maximum atomic E-state index is 11.9. The summed E-state index contributed by atoms with van der Waals surface area (Å²) < 4.78 is 0. The van der Waals surface area contributed by atoms with E-state index in [2.05, 4.69) is 4.98 Å². The van der Waals surface area contributed by atoms with Crippen molar-refractivity contribution >= 4 is 28.5 Å². The SMILES string of the molecule is CC(=O)SCC1CC(=O)N(c2cncc(C)c2)C1. The highest BCUT2D eigenvalue weighted by Gasteiger charge is 2.30. The number of pyridine rings is 1. The molecule has 0 bridgehead atoms. The van der Waals surface area contributed by atoms with E-state index in [1.807, 2.05) is 13.0 Å². The number of thioether (sulfide) groups is 1. The number of anilines is 1. The molecule has 1 saturated heterocycles. The van der Waals surface area contributed by atoms with Gasteiger partial charge in [0.1, 0.15) is 0 Å². The highest BCUT2D eigenvalue weighted by Crippen LogP contribution is 2.27. The molecule has 1 amide bonds. The van der Waals surface area contributed by atoms with Gasteiger partial charge in [-0.05, 0) is 24.5 Å². The van der Waals surface area contributed by atoms with Crippen molar-refractivity contribution in [1.29, 1.82) is 0 Å². The summed E-state index contributed by atoms with van der Waals surface area (Å²) in [4.78, 5) is 28.8. The molecule has 1 fully saturated rings. The Labute approximate surface area is 111 Å². The Morgan fingerprint density at radius 1 is 1.56 bits per heavy atom. The van der Waals surface area contributed by atoms with Gasteiger partial charge in [-0.2, -0.15) is 0 Å². The van der Waals surface area contributed by atoms with Crippen LogP contribution in [-0.4, -0.2) is 28.3 Å². The summed E-state index contributed by atoms with van der Waals surface area (Å²) in [6, 6.07) is 1.96. The third-order valence-corrected chi connectivity index (χ3v) is 3.94. The van der Waals surface area contributed by atoms with Gasteiger partial charge in [-0.1, -0.05) is 11.8 Å². The molecule has 2 rings (SSSR count). The normalized spacial score (nSPS) is 19.3. The van der Waals surface area contributed by atoms with Crippen LogP contribution < -0.4 is 4.90 Å². The van der Waals surface area contributed by atoms with Crippen LogP contribution in [0.2, 0.25) is 0 Å². The molecule has 0 aliphatic carbocycles. The number of rotatable bonds is 3. The van der Waals surface area contributed by atoms with Crippen LogP contribution in [0, 0.1) is 12.8 Å². The highest BCUT2D eigenvalue weighted by molar-refractivity contribution is 8.13. The van der Waals surface area contributed by atoms with E-state index < -0.39 is 0 Å². The van der Waals surface area contributed by atoms with E-state index in [9.17, 15) is 9.59 Å². The Morgan fingerprint density at radius 3 is 3.00 bits per heavy atom. The standard InChI is InChI=1S/C13H16N2O2S/c1-9-3-12(6-14-5-9)15-7-11(4-13(15)17)8-18-10(2)16/h3,5-6,11H,4,7-8H2,1-2H3. The highest BCUT2D eigenvalue weighted by atomic mass is 32.2. The Balaban J connectivity index is 2.03. The molecule has 5 heteroatoms. The average Bonchev–Trinajstić information content (AvgIpc) is 2.68. The van der Waals surface area contributed by atoms with Gasteiger partial charge >= 0.3 is 0 Å². The lowest BCUT2D eigenvalue weighted by molar-refractivity contribution is -0.117. The van der Waals surface area contributed by atoms with Crippen molar-refractivity contribution in [2.24, 2.45) is 5.92 Å². The van der Waals surface area contributed by atoms with Gasteiger partial charge in [-0.3, -0.25) is 14.6 Å². The van der Waals surface area contributed by atoms with Crippen molar-refractivity contribution in [1.82, 2.24) is 4.98 Å². The van der Waals surface area contributed by atoms with Gasteiger partial charge in [-0.15, -0.1) is 0 Å². The molecule has 1 aromatic heterocycles. The number of amides is 1. The lowest BCUT2D eigenvalue weighted by Crippen LogP contribution is -2.24. The molecular formula is C13H16N2O2S. The molecule has 0 saturated carbocycles. The second kappa shape index (κ2) is 5.52. The fourth-order valence-corrected chi connectivity index (χ4v) is 2.76. The van der Waals surface area contributed by atoms with Crippen LogP contribution in [-0.2, 0) is 9.59 Å². The third-order valence-electron chi connectivity index (χ3n) is 2.90. The minimum Gasteiger partial charge on any atom is -0.311 e. The quantitative estimate of drug-likeness (QED) is 0.838. The first-order valence-corrected chi connectivity index (χ1v) is 6.90. The first kappa shape index (κ1) is 13.1. The van der Waals surface area contributed by atoms with Crippen molar-refractivity contribution in [3.05, 3.63) is 24.0 Å². The molecule has 0 spiro atoms. The van der Waals surface area contributed by atoms with Gasteiger partial charge in [0, 0.05) is 31.8 Å². The predicted octanol–water partition coefficient (Wildman–Crippen LogP) is 2.02. The number of hydrogen-bond donors (Lipinski definition) is 0. The lowest BCUT2D eigenvalue weighted by atomic mass is 10.1. The van der Waals surface area contributed by atoms with Crippen LogP contribution in [0.4, 0.5) is 5.69 Å². The Hall–Kier alpha value is -1.36. The molecule has 1 unspecified atom stereocenters. The monoisotopic (exact) mass is 264 g/mol. The second-order valence-electron chi connectivity index (χ2n) is 4.60. The van der Waals surface area contributed by atoms with Gasteiger partial charge in [0.05, 0.1) is 11.9 Å². The van der Waals surface area contributed by atoms with Gasteiger partial charge in [0.25, 0.3) is 0 Å². The molecule has 2 heterocycles. The predicted molar refractivity (Wildman–Crippen MR) is 72.6 cm³/mol. The van der Waals surface area contributed by atoms with E-state index in [0.717, 1.165) is 17.0 Å². The van der Waals surface area contributed by atoms with Crippen molar-refractivity contribution < 1.29 is 9.59 Å². The summed E-state index contributed by atoms with van der Waals surface area (Å²) in [6.45, 7) is 4.20. The molecule has 1 atom stereocenters. The third kappa shape index (κ3) is 3.10. The zero-order chi connectivity index (χ0) is 13.1. The van der Waals surface area contributed by atoms with Crippen LogP contribution >= 0.6 is 11.8 Å². The number of nitrogens with zero attached hydrogens (tertiary/aromatic N) is 2. The maximum Gasteiger partial charge on any atom is 0.227 e. The van der Waals surface area contributed by atoms with Gasteiger partial charge in [0.15, 0.2) is 5.12 Å². The zero-order valence-corrected chi connectivity index (χ0v) is 11.4. The van der Waals surface area contributed by atoms with Gasteiger partial charge in [0.2, 0.25) is 5.91 Å². The van der Waals surface area contributed by atoms with Crippen LogP contribution in [0.3, 0.4) is 0 Å². The molecule has 4 nitrogen and oxygen atoms in total. The van der Waals surface area contributed by atoms with Crippen LogP contribution in [0.15, 0.2) is 18.5 Å². The van der Waals surface area contributed by atoms with Gasteiger partial charge < -0.3 is 4.90 Å². The Kier molecular flexibility index (Phi) is 4.01. The fourth-order valence-electron chi connectivity index (χ4n) is 2.06. The van der Waals surface area contributed by atoms with Crippen molar-refractivity contribution in [3.8, 4) is 0 Å². The summed E-state index contributed by atoms with van der Waals surface area (Å²) in [5, 5.41) is 0.109. The Bertz CT molecular complexity index is 476. The number of hydrogen-bond acceptors (Lipinski definition) is 4. The maximum absolute atomic E-state index is 11.9. The smallest absolute Gasteiger partial charge is 0.227 e. The minimum atomic E-state index is 0.109. The van der Waals surface area contributed by atoms with Crippen molar-refractivity contribution in [3.63, 3.8) is 0 Å². The topological polar surface area (TPSA) is 50.3 Å². The van der Waals surface area contributed by atoms with E-state index in [1.54, 1.807) is 24.2 Å². The largest absolute Gasteiger partial charge is 0.311 e. The van der Waals surface area contributed by atoms with Crippen LogP contribution in [0.1, 0.15) is 18.9 Å². The molecule has 18 heavy (non-hydrogen) atoms. The van der Waals surface area contributed by atoms with E-state index >= 15 is 0 Å². The minimum absolute atomic E-state index is 0.109. The number of carbonyl (C=O) groups is 2. The summed E-state index contributed by atoms with van der Waals surface area (Å²) in [7, 11) is 0. The first-order valence-electron chi connectivity index (χ1n) is 5.91. The fraction of sp³-hybridized carbons (Fsp3) is 0.462. The van der Waals surface area contributed by atoms with E-state index in [1.165, 1.54) is 11.8 Å². The molecule has 1 aliphatic heterocycles. The lowest BCUT2D eigenvalue weighted by Gasteiger charge is -2.16. The molecule has 0 aromatic carbocycles. The average molecular weight is 264 g/mol. The number of aryl methyl sites for hydroxylation is 1. The van der Waals surface area contributed by atoms with E-state index in [4.69, 9.17) is 0 Å². The molecule has 96 valence electrons. The van der Waals surface area contributed by atoms with E-state index in [0.29, 0.717) is 13.0 Å². The van der Waals surface area contributed by atoms with Gasteiger partial charge in [-0.25, -0.2) is 0 Å².